The van der Waals surface area contributed by atoms with Crippen LogP contribution in [-0.4, -0.2) is 23.2 Å². The number of halogens is 1. The maximum absolute atomic E-state index is 13.4. The first kappa shape index (κ1) is 22.2. The van der Waals surface area contributed by atoms with Crippen molar-refractivity contribution in [3.8, 4) is 17.1 Å². The third-order valence-corrected chi connectivity index (χ3v) is 5.25. The zero-order chi connectivity index (χ0) is 23.0. The van der Waals surface area contributed by atoms with Crippen LogP contribution in [0.25, 0.3) is 11.4 Å². The van der Waals surface area contributed by atoms with Crippen molar-refractivity contribution in [3.63, 3.8) is 0 Å². The van der Waals surface area contributed by atoms with E-state index in [0.717, 1.165) is 22.4 Å². The Kier molecular flexibility index (Phi) is 7.09. The van der Waals surface area contributed by atoms with E-state index in [-0.39, 0.29) is 17.8 Å². The fourth-order valence-electron chi connectivity index (χ4n) is 3.51. The summed E-state index contributed by atoms with van der Waals surface area (Å²) in [6.07, 6.45) is 1.34. The fraction of sp³-hybridized carbons (Fsp3) is 0.192. The molecule has 3 aromatic carbocycles. The van der Waals surface area contributed by atoms with Crippen molar-refractivity contribution in [2.24, 2.45) is 0 Å². The lowest BCUT2D eigenvalue weighted by Gasteiger charge is -2.20. The maximum Gasteiger partial charge on any atom is 0.226 e. The minimum absolute atomic E-state index is 0.108. The largest absolute Gasteiger partial charge is 0.497 e. The van der Waals surface area contributed by atoms with Gasteiger partial charge in [0.05, 0.1) is 13.2 Å². The summed E-state index contributed by atoms with van der Waals surface area (Å²) in [4.78, 5) is 17.1. The molecule has 1 N–H and O–H groups in total. The highest BCUT2D eigenvalue weighted by Crippen LogP contribution is 2.23. The molecule has 1 unspecified atom stereocenters. The van der Waals surface area contributed by atoms with Crippen molar-refractivity contribution in [2.75, 3.05) is 7.11 Å². The number of benzene rings is 3. The smallest absolute Gasteiger partial charge is 0.226 e. The lowest BCUT2D eigenvalue weighted by Crippen LogP contribution is -2.29. The molecule has 7 heteroatoms. The van der Waals surface area contributed by atoms with Gasteiger partial charge in [0.25, 0.3) is 0 Å². The van der Waals surface area contributed by atoms with Gasteiger partial charge in [0.15, 0.2) is 0 Å². The second-order valence-corrected chi connectivity index (χ2v) is 7.56. The normalized spacial score (nSPS) is 11.7. The Morgan fingerprint density at radius 3 is 2.39 bits per heavy atom. The number of hydrogen-bond acceptors (Lipinski definition) is 5. The Morgan fingerprint density at radius 2 is 1.70 bits per heavy atom. The first-order valence-electron chi connectivity index (χ1n) is 10.7. The van der Waals surface area contributed by atoms with Crippen LogP contribution in [-0.2, 0) is 11.2 Å². The molecule has 33 heavy (non-hydrogen) atoms. The molecule has 0 aliphatic carbocycles. The fourth-order valence-corrected chi connectivity index (χ4v) is 3.51. The van der Waals surface area contributed by atoms with Crippen LogP contribution in [0.3, 0.4) is 0 Å². The third kappa shape index (κ3) is 5.83. The van der Waals surface area contributed by atoms with Crippen LogP contribution in [0, 0.1) is 5.82 Å². The zero-order valence-corrected chi connectivity index (χ0v) is 18.2. The number of hydrogen-bond donors (Lipinski definition) is 1. The number of rotatable bonds is 9. The first-order valence-corrected chi connectivity index (χ1v) is 10.7. The maximum atomic E-state index is 13.4. The lowest BCUT2D eigenvalue weighted by molar-refractivity contribution is -0.121. The summed E-state index contributed by atoms with van der Waals surface area (Å²) >= 11 is 0. The van der Waals surface area contributed by atoms with Gasteiger partial charge in [0, 0.05) is 18.4 Å². The van der Waals surface area contributed by atoms with Crippen LogP contribution < -0.4 is 10.1 Å². The SMILES string of the molecule is COc1ccc(-c2noc(CCCC(=O)NC(c3ccccc3)c3ccc(F)cc3)n2)cc1. The predicted octanol–water partition coefficient (Wildman–Crippen LogP) is 5.11. The third-order valence-electron chi connectivity index (χ3n) is 5.25. The summed E-state index contributed by atoms with van der Waals surface area (Å²) in [6, 6.07) is 22.8. The number of carbonyl (C=O) groups is 1. The van der Waals surface area contributed by atoms with Crippen molar-refractivity contribution in [1.82, 2.24) is 15.5 Å². The zero-order valence-electron chi connectivity index (χ0n) is 18.2. The summed E-state index contributed by atoms with van der Waals surface area (Å²) in [5.41, 5.74) is 2.57. The number of methoxy groups -OCH3 is 1. The van der Waals surface area contributed by atoms with E-state index in [2.05, 4.69) is 15.5 Å². The van der Waals surface area contributed by atoms with E-state index in [4.69, 9.17) is 9.26 Å². The molecule has 0 aliphatic heterocycles. The molecular formula is C26H24FN3O3. The molecule has 0 spiro atoms. The van der Waals surface area contributed by atoms with Gasteiger partial charge in [-0.1, -0.05) is 47.6 Å². The summed E-state index contributed by atoms with van der Waals surface area (Å²) in [7, 11) is 1.61. The van der Waals surface area contributed by atoms with Crippen molar-refractivity contribution in [1.29, 1.82) is 0 Å². The molecule has 0 fully saturated rings. The number of ether oxygens (including phenoxy) is 1. The molecule has 4 aromatic rings. The minimum atomic E-state index is -0.357. The highest BCUT2D eigenvalue weighted by molar-refractivity contribution is 5.77. The van der Waals surface area contributed by atoms with Gasteiger partial charge < -0.3 is 14.6 Å². The highest BCUT2D eigenvalue weighted by Gasteiger charge is 2.17. The van der Waals surface area contributed by atoms with Crippen LogP contribution in [0.1, 0.15) is 35.9 Å². The van der Waals surface area contributed by atoms with E-state index in [9.17, 15) is 9.18 Å². The van der Waals surface area contributed by atoms with Crippen LogP contribution in [0.2, 0.25) is 0 Å². The lowest BCUT2D eigenvalue weighted by atomic mass is 9.98. The van der Waals surface area contributed by atoms with Crippen LogP contribution in [0.15, 0.2) is 83.4 Å². The topological polar surface area (TPSA) is 77.2 Å². The van der Waals surface area contributed by atoms with Gasteiger partial charge in [0.2, 0.25) is 17.6 Å². The summed E-state index contributed by atoms with van der Waals surface area (Å²) in [5, 5.41) is 7.07. The van der Waals surface area contributed by atoms with Crippen LogP contribution >= 0.6 is 0 Å². The van der Waals surface area contributed by atoms with Gasteiger partial charge in [-0.05, 0) is 53.9 Å². The number of nitrogens with zero attached hydrogens (tertiary/aromatic N) is 2. The Balaban J connectivity index is 1.35. The average molecular weight is 445 g/mol. The predicted molar refractivity (Wildman–Crippen MR) is 122 cm³/mol. The van der Waals surface area contributed by atoms with Crippen molar-refractivity contribution >= 4 is 5.91 Å². The highest BCUT2D eigenvalue weighted by atomic mass is 19.1. The van der Waals surface area contributed by atoms with Gasteiger partial charge in [-0.3, -0.25) is 4.79 Å². The van der Waals surface area contributed by atoms with Crippen LogP contribution in [0.5, 0.6) is 5.75 Å². The van der Waals surface area contributed by atoms with Gasteiger partial charge in [-0.2, -0.15) is 4.98 Å². The molecule has 168 valence electrons. The second-order valence-electron chi connectivity index (χ2n) is 7.56. The van der Waals surface area contributed by atoms with Gasteiger partial charge in [0.1, 0.15) is 11.6 Å². The molecule has 0 saturated heterocycles. The number of carbonyl (C=O) groups excluding carboxylic acids is 1. The molecule has 1 atom stereocenters. The molecule has 0 bridgehead atoms. The van der Waals surface area contributed by atoms with Gasteiger partial charge >= 0.3 is 0 Å². The Morgan fingerprint density at radius 1 is 1.00 bits per heavy atom. The Bertz CT molecular complexity index is 1180. The molecule has 1 aromatic heterocycles. The quantitative estimate of drug-likeness (QED) is 0.387. The number of amides is 1. The summed E-state index contributed by atoms with van der Waals surface area (Å²) in [5.74, 6) is 1.31. The van der Waals surface area contributed by atoms with Crippen molar-refractivity contribution in [3.05, 3.63) is 102 Å². The molecule has 6 nitrogen and oxygen atoms in total. The summed E-state index contributed by atoms with van der Waals surface area (Å²) < 4.78 is 23.9. The van der Waals surface area contributed by atoms with E-state index in [1.165, 1.54) is 12.1 Å². The molecule has 0 radical (unpaired) electrons. The van der Waals surface area contributed by atoms with Gasteiger partial charge in [-0.25, -0.2) is 4.39 Å². The molecule has 4 rings (SSSR count). The van der Waals surface area contributed by atoms with E-state index >= 15 is 0 Å². The Hall–Kier alpha value is -4.00. The van der Waals surface area contributed by atoms with Crippen molar-refractivity contribution in [2.45, 2.75) is 25.3 Å². The Labute approximate surface area is 191 Å². The number of aromatic nitrogens is 2. The van der Waals surface area contributed by atoms with E-state index < -0.39 is 0 Å². The van der Waals surface area contributed by atoms with E-state index in [0.29, 0.717) is 31.0 Å². The molecule has 1 heterocycles. The average Bonchev–Trinajstić information content (AvgIpc) is 3.33. The van der Waals surface area contributed by atoms with Crippen LogP contribution in [0.4, 0.5) is 4.39 Å². The molecule has 1 amide bonds. The number of nitrogens with one attached hydrogen (secondary N) is 1. The van der Waals surface area contributed by atoms with Gasteiger partial charge in [-0.15, -0.1) is 0 Å². The van der Waals surface area contributed by atoms with E-state index in [1.807, 2.05) is 54.6 Å². The first-order chi connectivity index (χ1) is 16.1. The number of aryl methyl sites for hydroxylation is 1. The summed E-state index contributed by atoms with van der Waals surface area (Å²) in [6.45, 7) is 0. The molecular weight excluding hydrogens is 421 g/mol. The molecule has 0 aliphatic rings. The monoisotopic (exact) mass is 445 g/mol. The minimum Gasteiger partial charge on any atom is -0.497 e. The van der Waals surface area contributed by atoms with Crippen molar-refractivity contribution < 1.29 is 18.4 Å². The van der Waals surface area contributed by atoms with E-state index in [1.54, 1.807) is 19.2 Å². The second kappa shape index (κ2) is 10.5. The molecule has 0 saturated carbocycles. The standard InChI is InChI=1S/C26H24FN3O3/c1-32-22-16-12-20(13-17-22)26-29-24(33-30-26)9-5-8-23(31)28-25(18-6-3-2-4-7-18)19-10-14-21(27)15-11-19/h2-4,6-7,10-17,25H,5,8-9H2,1H3,(H,28,31).